The number of nitrogens with zero attached hydrogens (tertiary/aromatic N) is 2. The summed E-state index contributed by atoms with van der Waals surface area (Å²) in [4.78, 5) is 4.72. The highest BCUT2D eigenvalue weighted by Gasteiger charge is 2.43. The Labute approximate surface area is 128 Å². The number of likely N-dealkylation sites (N-methyl/N-ethyl adjacent to an activating group) is 1. The van der Waals surface area contributed by atoms with Gasteiger partial charge in [0.2, 0.25) is 0 Å². The van der Waals surface area contributed by atoms with Crippen LogP contribution in [-0.4, -0.2) is 55.2 Å². The Morgan fingerprint density at radius 1 is 1.33 bits per heavy atom. The van der Waals surface area contributed by atoms with E-state index in [1.165, 1.54) is 19.3 Å². The summed E-state index contributed by atoms with van der Waals surface area (Å²) in [7, 11) is 4.26. The monoisotopic (exact) mass is 292 g/mol. The van der Waals surface area contributed by atoms with Gasteiger partial charge in [-0.2, -0.15) is 0 Å². The summed E-state index contributed by atoms with van der Waals surface area (Å²) in [5, 5.41) is 0. The number of rotatable bonds is 4. The molecule has 4 nitrogen and oxygen atoms in total. The highest BCUT2D eigenvalue weighted by molar-refractivity contribution is 5.06. The molecule has 0 N–H and O–H groups in total. The van der Waals surface area contributed by atoms with Gasteiger partial charge in [0.1, 0.15) is 11.5 Å². The van der Waals surface area contributed by atoms with Gasteiger partial charge in [0.15, 0.2) is 0 Å². The molecule has 0 saturated carbocycles. The van der Waals surface area contributed by atoms with Gasteiger partial charge in [0.05, 0.1) is 18.2 Å². The SMILES string of the molecule is Cc1ccc(CN2CC[C@]3(CCC[C@@H](CN(C)C)O3)C2)o1. The predicted molar refractivity (Wildman–Crippen MR) is 83.3 cm³/mol. The third kappa shape index (κ3) is 3.68. The van der Waals surface area contributed by atoms with Crippen LogP contribution in [0.4, 0.5) is 0 Å². The van der Waals surface area contributed by atoms with Crippen LogP contribution in [0.2, 0.25) is 0 Å². The molecule has 2 aliphatic rings. The second-order valence-electron chi connectivity index (χ2n) is 7.05. The van der Waals surface area contributed by atoms with Crippen molar-refractivity contribution in [3.8, 4) is 0 Å². The third-order valence-corrected chi connectivity index (χ3v) is 4.71. The topological polar surface area (TPSA) is 28.9 Å². The molecule has 0 amide bonds. The normalized spacial score (nSPS) is 30.6. The number of likely N-dealkylation sites (tertiary alicyclic amines) is 1. The maximum Gasteiger partial charge on any atom is 0.118 e. The molecule has 118 valence electrons. The fourth-order valence-corrected chi connectivity index (χ4v) is 3.81. The molecular formula is C17H28N2O2. The summed E-state index contributed by atoms with van der Waals surface area (Å²) in [5.41, 5.74) is 0.0978. The highest BCUT2D eigenvalue weighted by Crippen LogP contribution is 2.37. The average molecular weight is 292 g/mol. The quantitative estimate of drug-likeness (QED) is 0.853. The van der Waals surface area contributed by atoms with Gasteiger partial charge in [-0.3, -0.25) is 4.90 Å². The Balaban J connectivity index is 1.57. The fourth-order valence-electron chi connectivity index (χ4n) is 3.81. The Morgan fingerprint density at radius 3 is 2.90 bits per heavy atom. The number of hydrogen-bond acceptors (Lipinski definition) is 4. The Hall–Kier alpha value is -0.840. The lowest BCUT2D eigenvalue weighted by molar-refractivity contribution is -0.126. The molecule has 4 heteroatoms. The molecule has 0 unspecified atom stereocenters. The molecule has 3 heterocycles. The summed E-state index contributed by atoms with van der Waals surface area (Å²) in [6.45, 7) is 6.13. The maximum atomic E-state index is 6.50. The van der Waals surface area contributed by atoms with Gasteiger partial charge >= 0.3 is 0 Å². The first-order valence-corrected chi connectivity index (χ1v) is 8.15. The van der Waals surface area contributed by atoms with E-state index in [1.807, 2.05) is 13.0 Å². The van der Waals surface area contributed by atoms with Gasteiger partial charge < -0.3 is 14.1 Å². The van der Waals surface area contributed by atoms with Crippen LogP contribution in [0.25, 0.3) is 0 Å². The largest absolute Gasteiger partial charge is 0.465 e. The second-order valence-corrected chi connectivity index (χ2v) is 7.05. The van der Waals surface area contributed by atoms with Gasteiger partial charge in [-0.25, -0.2) is 0 Å². The maximum absolute atomic E-state index is 6.50. The van der Waals surface area contributed by atoms with E-state index in [9.17, 15) is 0 Å². The van der Waals surface area contributed by atoms with Crippen LogP contribution in [0.3, 0.4) is 0 Å². The Morgan fingerprint density at radius 2 is 2.19 bits per heavy atom. The molecule has 2 saturated heterocycles. The minimum absolute atomic E-state index is 0.0978. The fraction of sp³-hybridized carbons (Fsp3) is 0.765. The zero-order chi connectivity index (χ0) is 14.9. The van der Waals surface area contributed by atoms with Crippen molar-refractivity contribution in [3.63, 3.8) is 0 Å². The average Bonchev–Trinajstić information content (AvgIpc) is 2.97. The van der Waals surface area contributed by atoms with E-state index in [4.69, 9.17) is 9.15 Å². The van der Waals surface area contributed by atoms with Crippen molar-refractivity contribution in [2.24, 2.45) is 0 Å². The molecular weight excluding hydrogens is 264 g/mol. The van der Waals surface area contributed by atoms with Crippen molar-refractivity contribution in [3.05, 3.63) is 23.7 Å². The van der Waals surface area contributed by atoms with Crippen LogP contribution in [0.5, 0.6) is 0 Å². The smallest absolute Gasteiger partial charge is 0.118 e. The van der Waals surface area contributed by atoms with Crippen molar-refractivity contribution >= 4 is 0 Å². The molecule has 0 bridgehead atoms. The third-order valence-electron chi connectivity index (χ3n) is 4.71. The van der Waals surface area contributed by atoms with Crippen molar-refractivity contribution in [1.82, 2.24) is 9.80 Å². The summed E-state index contributed by atoms with van der Waals surface area (Å²) in [6, 6.07) is 4.14. The number of hydrogen-bond donors (Lipinski definition) is 0. The van der Waals surface area contributed by atoms with E-state index in [1.54, 1.807) is 0 Å². The number of furan rings is 1. The second kappa shape index (κ2) is 6.11. The van der Waals surface area contributed by atoms with Gasteiger partial charge in [0, 0.05) is 19.6 Å². The van der Waals surface area contributed by atoms with Crippen molar-refractivity contribution in [2.45, 2.75) is 50.9 Å². The molecule has 3 rings (SSSR count). The lowest BCUT2D eigenvalue weighted by atomic mass is 9.90. The summed E-state index contributed by atoms with van der Waals surface area (Å²) in [5.74, 6) is 2.07. The molecule has 1 aromatic rings. The first kappa shape index (κ1) is 15.1. The van der Waals surface area contributed by atoms with Gasteiger partial charge in [-0.1, -0.05) is 0 Å². The molecule has 1 spiro atoms. The van der Waals surface area contributed by atoms with E-state index in [-0.39, 0.29) is 5.60 Å². The molecule has 1 aromatic heterocycles. The summed E-state index contributed by atoms with van der Waals surface area (Å²) >= 11 is 0. The summed E-state index contributed by atoms with van der Waals surface area (Å²) < 4.78 is 12.2. The number of aryl methyl sites for hydroxylation is 1. The lowest BCUT2D eigenvalue weighted by Crippen LogP contribution is -2.45. The van der Waals surface area contributed by atoms with Crippen molar-refractivity contribution < 1.29 is 9.15 Å². The van der Waals surface area contributed by atoms with Gasteiger partial charge in [-0.15, -0.1) is 0 Å². The van der Waals surface area contributed by atoms with E-state index in [0.717, 1.165) is 44.1 Å². The zero-order valence-electron chi connectivity index (χ0n) is 13.6. The molecule has 0 radical (unpaired) electrons. The lowest BCUT2D eigenvalue weighted by Gasteiger charge is -2.39. The Kier molecular flexibility index (Phi) is 4.38. The van der Waals surface area contributed by atoms with Crippen molar-refractivity contribution in [2.75, 3.05) is 33.7 Å². The van der Waals surface area contributed by atoms with Crippen LogP contribution in [0.1, 0.15) is 37.2 Å². The van der Waals surface area contributed by atoms with Crippen molar-refractivity contribution in [1.29, 1.82) is 0 Å². The van der Waals surface area contributed by atoms with Gasteiger partial charge in [-0.05, 0) is 58.8 Å². The first-order chi connectivity index (χ1) is 10.0. The van der Waals surface area contributed by atoms with E-state index in [0.29, 0.717) is 6.10 Å². The van der Waals surface area contributed by atoms with Crippen LogP contribution in [0, 0.1) is 6.92 Å². The first-order valence-electron chi connectivity index (χ1n) is 8.15. The predicted octanol–water partition coefficient (Wildman–Crippen LogP) is 2.66. The molecule has 2 atom stereocenters. The standard InChI is InChI=1S/C17H28N2O2/c1-14-6-7-15(20-14)12-19-10-9-17(13-19)8-4-5-16(21-17)11-18(2)3/h6-7,16H,4-5,8-13H2,1-3H3/t16-,17+/m0/s1. The van der Waals surface area contributed by atoms with Crippen LogP contribution < -0.4 is 0 Å². The van der Waals surface area contributed by atoms with E-state index < -0.39 is 0 Å². The van der Waals surface area contributed by atoms with Crippen LogP contribution in [-0.2, 0) is 11.3 Å². The molecule has 2 fully saturated rings. The van der Waals surface area contributed by atoms with Gasteiger partial charge in [0.25, 0.3) is 0 Å². The minimum Gasteiger partial charge on any atom is -0.465 e. The Bertz CT molecular complexity index is 471. The zero-order valence-corrected chi connectivity index (χ0v) is 13.6. The van der Waals surface area contributed by atoms with E-state index >= 15 is 0 Å². The molecule has 21 heavy (non-hydrogen) atoms. The highest BCUT2D eigenvalue weighted by atomic mass is 16.5. The summed E-state index contributed by atoms with van der Waals surface area (Å²) in [6.07, 6.45) is 5.28. The number of ether oxygens (including phenoxy) is 1. The van der Waals surface area contributed by atoms with Crippen LogP contribution >= 0.6 is 0 Å². The van der Waals surface area contributed by atoms with Crippen LogP contribution in [0.15, 0.2) is 16.5 Å². The minimum atomic E-state index is 0.0978. The molecule has 0 aliphatic carbocycles. The molecule has 0 aromatic carbocycles. The van der Waals surface area contributed by atoms with E-state index in [2.05, 4.69) is 30.0 Å². The molecule has 2 aliphatic heterocycles.